The van der Waals surface area contributed by atoms with Crippen molar-refractivity contribution in [1.29, 1.82) is 0 Å². The molecule has 0 saturated carbocycles. The molecule has 1 aliphatic rings. The molecule has 3 aromatic rings. The van der Waals surface area contributed by atoms with Gasteiger partial charge < -0.3 is 14.1 Å². The van der Waals surface area contributed by atoms with Crippen molar-refractivity contribution >= 4 is 5.69 Å². The summed E-state index contributed by atoms with van der Waals surface area (Å²) in [5.41, 5.74) is 3.34. The van der Waals surface area contributed by atoms with Crippen LogP contribution in [0.3, 0.4) is 0 Å². The van der Waals surface area contributed by atoms with Crippen LogP contribution in [0.1, 0.15) is 31.3 Å². The number of anilines is 1. The van der Waals surface area contributed by atoms with Crippen LogP contribution in [0, 0.1) is 6.92 Å². The van der Waals surface area contributed by atoms with Crippen molar-refractivity contribution in [3.05, 3.63) is 60.0 Å². The van der Waals surface area contributed by atoms with Crippen LogP contribution in [0.25, 0.3) is 11.5 Å². The lowest BCUT2D eigenvalue weighted by Crippen LogP contribution is -2.47. The molecule has 6 nitrogen and oxygen atoms in total. The van der Waals surface area contributed by atoms with Crippen LogP contribution in [0.4, 0.5) is 5.69 Å². The van der Waals surface area contributed by atoms with Gasteiger partial charge in [-0.15, -0.1) is 10.2 Å². The minimum Gasteiger partial charge on any atom is -0.492 e. The van der Waals surface area contributed by atoms with Gasteiger partial charge in [0, 0.05) is 31.7 Å². The van der Waals surface area contributed by atoms with E-state index in [9.17, 15) is 0 Å². The monoisotopic (exact) mass is 392 g/mol. The molecule has 4 rings (SSSR count). The second-order valence-corrected chi connectivity index (χ2v) is 7.41. The summed E-state index contributed by atoms with van der Waals surface area (Å²) < 4.78 is 11.8. The maximum Gasteiger partial charge on any atom is 0.247 e. The smallest absolute Gasteiger partial charge is 0.247 e. The molecule has 1 unspecified atom stereocenters. The summed E-state index contributed by atoms with van der Waals surface area (Å²) in [4.78, 5) is 4.78. The van der Waals surface area contributed by atoms with Gasteiger partial charge in [0.05, 0.1) is 18.3 Å². The van der Waals surface area contributed by atoms with Crippen molar-refractivity contribution in [1.82, 2.24) is 15.1 Å². The molecule has 6 heteroatoms. The first-order valence-corrected chi connectivity index (χ1v) is 10.3. The van der Waals surface area contributed by atoms with Gasteiger partial charge in [0.1, 0.15) is 5.75 Å². The van der Waals surface area contributed by atoms with Crippen LogP contribution in [0.15, 0.2) is 52.9 Å². The van der Waals surface area contributed by atoms with Gasteiger partial charge in [-0.25, -0.2) is 0 Å². The highest BCUT2D eigenvalue weighted by molar-refractivity contribution is 5.58. The highest BCUT2D eigenvalue weighted by Gasteiger charge is 2.26. The Hall–Kier alpha value is -2.86. The van der Waals surface area contributed by atoms with Gasteiger partial charge in [-0.3, -0.25) is 4.90 Å². The van der Waals surface area contributed by atoms with Gasteiger partial charge in [-0.05, 0) is 45.0 Å². The normalized spacial score (nSPS) is 16.0. The first kappa shape index (κ1) is 19.5. The Morgan fingerprint density at radius 3 is 2.45 bits per heavy atom. The van der Waals surface area contributed by atoms with Crippen LogP contribution in [0.5, 0.6) is 5.75 Å². The summed E-state index contributed by atoms with van der Waals surface area (Å²) in [7, 11) is 0. The van der Waals surface area contributed by atoms with Gasteiger partial charge in [-0.1, -0.05) is 29.8 Å². The summed E-state index contributed by atoms with van der Waals surface area (Å²) >= 11 is 0. The third-order valence-electron chi connectivity index (χ3n) is 5.46. The Bertz CT molecular complexity index is 930. The number of nitrogens with zero attached hydrogens (tertiary/aromatic N) is 4. The van der Waals surface area contributed by atoms with Crippen molar-refractivity contribution in [3.8, 4) is 17.2 Å². The molecule has 1 aliphatic heterocycles. The third-order valence-corrected chi connectivity index (χ3v) is 5.46. The molecule has 1 saturated heterocycles. The van der Waals surface area contributed by atoms with Crippen molar-refractivity contribution in [2.45, 2.75) is 26.8 Å². The number of ether oxygens (including phenoxy) is 1. The van der Waals surface area contributed by atoms with Crippen LogP contribution in [-0.4, -0.2) is 47.9 Å². The summed E-state index contributed by atoms with van der Waals surface area (Å²) in [6.45, 7) is 10.6. The number of rotatable bonds is 6. The van der Waals surface area contributed by atoms with E-state index in [0.717, 1.165) is 37.5 Å². The molecule has 0 aliphatic carbocycles. The lowest BCUT2D eigenvalue weighted by atomic mass is 10.1. The van der Waals surface area contributed by atoms with Crippen molar-refractivity contribution in [2.75, 3.05) is 37.7 Å². The van der Waals surface area contributed by atoms with E-state index in [1.807, 2.05) is 31.2 Å². The van der Waals surface area contributed by atoms with Crippen molar-refractivity contribution in [2.24, 2.45) is 0 Å². The van der Waals surface area contributed by atoms with Crippen LogP contribution in [-0.2, 0) is 0 Å². The van der Waals surface area contributed by atoms with E-state index >= 15 is 0 Å². The van der Waals surface area contributed by atoms with Gasteiger partial charge in [0.25, 0.3) is 0 Å². The molecule has 1 fully saturated rings. The topological polar surface area (TPSA) is 54.6 Å². The third kappa shape index (κ3) is 4.27. The van der Waals surface area contributed by atoms with Crippen molar-refractivity contribution < 1.29 is 9.15 Å². The minimum absolute atomic E-state index is 0.0889. The Labute approximate surface area is 172 Å². The Balaban J connectivity index is 1.41. The number of aromatic nitrogens is 2. The van der Waals surface area contributed by atoms with Crippen molar-refractivity contribution in [3.63, 3.8) is 0 Å². The van der Waals surface area contributed by atoms with Gasteiger partial charge in [-0.2, -0.15) is 0 Å². The molecule has 29 heavy (non-hydrogen) atoms. The standard InChI is InChI=1S/C23H28N4O2/c1-4-28-21-8-6-5-7-20(21)27-15-13-26(14-16-27)18(3)22-24-25-23(29-22)19-11-9-17(2)10-12-19/h5-12,18H,4,13-16H2,1-3H3. The Kier molecular flexibility index (Phi) is 5.81. The highest BCUT2D eigenvalue weighted by Crippen LogP contribution is 2.30. The zero-order valence-electron chi connectivity index (χ0n) is 17.3. The molecular formula is C23H28N4O2. The second-order valence-electron chi connectivity index (χ2n) is 7.41. The molecule has 0 radical (unpaired) electrons. The predicted octanol–water partition coefficient (Wildman–Crippen LogP) is 4.33. The van der Waals surface area contributed by atoms with E-state index in [-0.39, 0.29) is 6.04 Å². The van der Waals surface area contributed by atoms with E-state index in [1.54, 1.807) is 0 Å². The van der Waals surface area contributed by atoms with E-state index in [4.69, 9.17) is 9.15 Å². The molecule has 1 aromatic heterocycles. The Morgan fingerprint density at radius 2 is 1.72 bits per heavy atom. The molecular weight excluding hydrogens is 364 g/mol. The molecule has 1 atom stereocenters. The van der Waals surface area contributed by atoms with Crippen LogP contribution in [0.2, 0.25) is 0 Å². The fourth-order valence-corrected chi connectivity index (χ4v) is 3.72. The first-order valence-electron chi connectivity index (χ1n) is 10.3. The summed E-state index contributed by atoms with van der Waals surface area (Å²) in [6.07, 6.45) is 0. The molecule has 0 N–H and O–H groups in total. The molecule has 2 heterocycles. The molecule has 0 amide bonds. The average molecular weight is 393 g/mol. The van der Waals surface area contributed by atoms with E-state index in [2.05, 4.69) is 58.1 Å². The average Bonchev–Trinajstić information content (AvgIpc) is 3.25. The zero-order chi connectivity index (χ0) is 20.2. The highest BCUT2D eigenvalue weighted by atomic mass is 16.5. The number of hydrogen-bond donors (Lipinski definition) is 0. The zero-order valence-corrected chi connectivity index (χ0v) is 17.3. The maximum absolute atomic E-state index is 5.99. The molecule has 0 spiro atoms. The summed E-state index contributed by atoms with van der Waals surface area (Å²) in [5.74, 6) is 2.20. The lowest BCUT2D eigenvalue weighted by Gasteiger charge is -2.38. The van der Waals surface area contributed by atoms with Gasteiger partial charge in [0.15, 0.2) is 0 Å². The van der Waals surface area contributed by atoms with E-state index in [0.29, 0.717) is 18.4 Å². The number of piperazine rings is 1. The van der Waals surface area contributed by atoms with Crippen LogP contribution < -0.4 is 9.64 Å². The van der Waals surface area contributed by atoms with E-state index < -0.39 is 0 Å². The van der Waals surface area contributed by atoms with Crippen LogP contribution >= 0.6 is 0 Å². The molecule has 2 aromatic carbocycles. The number of para-hydroxylation sites is 2. The minimum atomic E-state index is 0.0889. The molecule has 0 bridgehead atoms. The molecule has 152 valence electrons. The number of aryl methyl sites for hydroxylation is 1. The van der Waals surface area contributed by atoms with Gasteiger partial charge >= 0.3 is 0 Å². The summed E-state index contributed by atoms with van der Waals surface area (Å²) in [5, 5.41) is 8.57. The van der Waals surface area contributed by atoms with Gasteiger partial charge in [0.2, 0.25) is 11.8 Å². The number of hydrogen-bond acceptors (Lipinski definition) is 6. The summed E-state index contributed by atoms with van der Waals surface area (Å²) in [6, 6.07) is 16.5. The number of benzene rings is 2. The van der Waals surface area contributed by atoms with E-state index in [1.165, 1.54) is 11.3 Å². The predicted molar refractivity (Wildman–Crippen MR) is 114 cm³/mol. The quantitative estimate of drug-likeness (QED) is 0.622. The first-order chi connectivity index (χ1) is 14.2. The second kappa shape index (κ2) is 8.66. The fraction of sp³-hybridized carbons (Fsp3) is 0.391. The maximum atomic E-state index is 5.99. The Morgan fingerprint density at radius 1 is 1.00 bits per heavy atom. The largest absolute Gasteiger partial charge is 0.492 e. The fourth-order valence-electron chi connectivity index (χ4n) is 3.72. The lowest BCUT2D eigenvalue weighted by molar-refractivity contribution is 0.173. The SMILES string of the molecule is CCOc1ccccc1N1CCN(C(C)c2nnc(-c3ccc(C)cc3)o2)CC1.